The maximum absolute atomic E-state index is 14.2. The molecule has 1 unspecified atom stereocenters. The molecule has 0 spiro atoms. The lowest BCUT2D eigenvalue weighted by molar-refractivity contribution is -0.0395. The van der Waals surface area contributed by atoms with Gasteiger partial charge in [0.15, 0.2) is 18.1 Å². The highest BCUT2D eigenvalue weighted by Crippen LogP contribution is 2.53. The molecular weight excluding hydrogens is 547 g/mol. The van der Waals surface area contributed by atoms with Crippen molar-refractivity contribution in [3.63, 3.8) is 0 Å². The van der Waals surface area contributed by atoms with E-state index in [1.165, 1.54) is 5.56 Å². The number of fused-ring (bicyclic) bond motifs is 1. The Labute approximate surface area is 252 Å². The van der Waals surface area contributed by atoms with Crippen molar-refractivity contribution in [2.45, 2.75) is 118 Å². The van der Waals surface area contributed by atoms with Crippen LogP contribution in [0.4, 0.5) is 4.79 Å². The molecule has 1 fully saturated rings. The molecule has 3 atom stereocenters. The fraction of sp³-hybridized carbons (Fsp3) is 0.667. The Balaban J connectivity index is 2.53. The van der Waals surface area contributed by atoms with Crippen molar-refractivity contribution in [3.05, 3.63) is 47.0 Å². The van der Waals surface area contributed by atoms with Gasteiger partial charge in [0.2, 0.25) is 0 Å². The van der Waals surface area contributed by atoms with Gasteiger partial charge in [0.1, 0.15) is 11.1 Å². The summed E-state index contributed by atoms with van der Waals surface area (Å²) >= 11 is 0. The molecule has 0 bridgehead atoms. The number of hydrogen-bond donors (Lipinski definition) is 1. The number of likely N-dealkylation sites (tertiary alicyclic amines) is 1. The van der Waals surface area contributed by atoms with Crippen molar-refractivity contribution in [3.8, 4) is 0 Å². The molecule has 0 radical (unpaired) electrons. The van der Waals surface area contributed by atoms with Crippen molar-refractivity contribution < 1.29 is 23.5 Å². The van der Waals surface area contributed by atoms with Gasteiger partial charge in [-0.05, 0) is 85.3 Å². The van der Waals surface area contributed by atoms with E-state index in [-0.39, 0.29) is 23.4 Å². The van der Waals surface area contributed by atoms with E-state index in [0.717, 1.165) is 21.9 Å². The molecule has 1 N–H and O–H groups in total. The number of ether oxygens (including phenoxy) is 1. The van der Waals surface area contributed by atoms with Gasteiger partial charge in [-0.1, -0.05) is 71.9 Å². The Morgan fingerprint density at radius 1 is 0.976 bits per heavy atom. The van der Waals surface area contributed by atoms with E-state index in [4.69, 9.17) is 13.6 Å². The van der Waals surface area contributed by atoms with E-state index >= 15 is 0 Å². The van der Waals surface area contributed by atoms with Crippen LogP contribution in [0.2, 0.25) is 26.2 Å². The van der Waals surface area contributed by atoms with Crippen molar-refractivity contribution in [2.24, 2.45) is 11.3 Å². The van der Waals surface area contributed by atoms with Gasteiger partial charge in [0, 0.05) is 12.5 Å². The van der Waals surface area contributed by atoms with E-state index in [9.17, 15) is 9.90 Å². The summed E-state index contributed by atoms with van der Waals surface area (Å²) in [4.78, 5) is 16.0. The van der Waals surface area contributed by atoms with Gasteiger partial charge in [0.25, 0.3) is 0 Å². The van der Waals surface area contributed by atoms with Crippen molar-refractivity contribution in [1.29, 1.82) is 0 Å². The highest BCUT2D eigenvalue weighted by Gasteiger charge is 2.61. The van der Waals surface area contributed by atoms with Crippen LogP contribution in [0.5, 0.6) is 0 Å². The Kier molecular flexibility index (Phi) is 9.98. The summed E-state index contributed by atoms with van der Waals surface area (Å²) < 4.78 is 19.4. The molecule has 1 amide bonds. The zero-order valence-electron chi connectivity index (χ0n) is 27.8. The van der Waals surface area contributed by atoms with Gasteiger partial charge in [-0.25, -0.2) is 4.79 Å². The first-order valence-electron chi connectivity index (χ1n) is 15.2. The molecule has 1 saturated heterocycles. The van der Waals surface area contributed by atoms with Crippen LogP contribution in [-0.4, -0.2) is 59.0 Å². The SMILES string of the molecule is C[SiH](C)OCc1cc(C(C)(C)C)c2ccccc2c1[C@]1(CO)C(O[SiH](C)C)[C@H](C(C)(C)C)CN1C(=O)OC(C)(C)C. The average Bonchev–Trinajstić information content (AvgIpc) is 3.14. The van der Waals surface area contributed by atoms with Crippen LogP contribution >= 0.6 is 0 Å². The quantitative estimate of drug-likeness (QED) is 0.343. The van der Waals surface area contributed by atoms with Gasteiger partial charge in [-0.3, -0.25) is 4.90 Å². The monoisotopic (exact) mass is 601 g/mol. The van der Waals surface area contributed by atoms with Crippen LogP contribution in [-0.2, 0) is 31.1 Å². The molecule has 1 aliphatic heterocycles. The van der Waals surface area contributed by atoms with Gasteiger partial charge < -0.3 is 18.7 Å². The second-order valence-corrected chi connectivity index (χ2v) is 20.2. The third-order valence-electron chi connectivity index (χ3n) is 8.02. The molecule has 1 heterocycles. The second kappa shape index (κ2) is 12.1. The minimum Gasteiger partial charge on any atom is -0.444 e. The van der Waals surface area contributed by atoms with E-state index < -0.39 is 41.4 Å². The second-order valence-electron chi connectivity index (χ2n) is 15.4. The first-order valence-corrected chi connectivity index (χ1v) is 20.7. The summed E-state index contributed by atoms with van der Waals surface area (Å²) in [6.07, 6.45) is -0.836. The summed E-state index contributed by atoms with van der Waals surface area (Å²) in [6, 6.07) is 10.7. The zero-order chi connectivity index (χ0) is 31.1. The fourth-order valence-corrected chi connectivity index (χ4v) is 7.71. The Hall–Kier alpha value is -1.72. The molecule has 6 nitrogen and oxygen atoms in total. The van der Waals surface area contributed by atoms with E-state index in [0.29, 0.717) is 13.2 Å². The van der Waals surface area contributed by atoms with Crippen molar-refractivity contribution in [1.82, 2.24) is 4.90 Å². The summed E-state index contributed by atoms with van der Waals surface area (Å²) in [5.74, 6) is -0.0219. The molecule has 41 heavy (non-hydrogen) atoms. The van der Waals surface area contributed by atoms with E-state index in [2.05, 4.69) is 92.0 Å². The number of rotatable bonds is 7. The number of nitrogens with zero attached hydrogens (tertiary/aromatic N) is 1. The van der Waals surface area contributed by atoms with E-state index in [1.54, 1.807) is 4.90 Å². The number of aliphatic hydroxyl groups is 1. The van der Waals surface area contributed by atoms with Crippen LogP contribution in [0.25, 0.3) is 10.8 Å². The Bertz CT molecular complexity index is 1230. The van der Waals surface area contributed by atoms with Crippen LogP contribution in [0.1, 0.15) is 79.0 Å². The normalized spacial score (nSPS) is 22.3. The van der Waals surface area contributed by atoms with E-state index in [1.807, 2.05) is 26.8 Å². The maximum Gasteiger partial charge on any atom is 0.411 e. The molecule has 0 aliphatic carbocycles. The first kappa shape index (κ1) is 33.8. The lowest BCUT2D eigenvalue weighted by Gasteiger charge is -2.45. The topological polar surface area (TPSA) is 68.2 Å². The number of carbonyl (C=O) groups excluding carboxylic acids is 1. The number of benzene rings is 2. The zero-order valence-corrected chi connectivity index (χ0v) is 30.2. The number of aliphatic hydroxyl groups excluding tert-OH is 1. The third-order valence-corrected chi connectivity index (χ3v) is 9.69. The molecule has 0 saturated carbocycles. The lowest BCUT2D eigenvalue weighted by Crippen LogP contribution is -2.56. The molecular formula is C33H55NO5Si2. The van der Waals surface area contributed by atoms with Gasteiger partial charge in [-0.15, -0.1) is 0 Å². The molecule has 230 valence electrons. The Morgan fingerprint density at radius 2 is 1.56 bits per heavy atom. The van der Waals surface area contributed by atoms with Crippen molar-refractivity contribution in [2.75, 3.05) is 13.2 Å². The summed E-state index contributed by atoms with van der Waals surface area (Å²) in [7, 11) is -3.00. The molecule has 2 aromatic carbocycles. The minimum absolute atomic E-state index is 0.0219. The molecule has 3 rings (SSSR count). The van der Waals surface area contributed by atoms with Gasteiger partial charge in [-0.2, -0.15) is 0 Å². The standard InChI is InChI=1S/C33H55NO5Si2/c1-30(2,3)25-18-22(20-37-40(10)11)27(24-17-15-14-16-23(24)25)33(21-35)28(39-41(12)13)26(31(4,5)6)19-34(33)29(36)38-32(7,8)9/h14-18,26,28,35,40-41H,19-21H2,1-13H3/t26-,28?,33-/m1/s1. The fourth-order valence-electron chi connectivity index (χ4n) is 6.19. The third kappa shape index (κ3) is 7.09. The smallest absolute Gasteiger partial charge is 0.411 e. The predicted octanol–water partition coefficient (Wildman–Crippen LogP) is 7.11. The number of amides is 1. The molecule has 2 aromatic rings. The van der Waals surface area contributed by atoms with Gasteiger partial charge in [0.05, 0.1) is 19.3 Å². The largest absolute Gasteiger partial charge is 0.444 e. The Morgan fingerprint density at radius 3 is 2.02 bits per heavy atom. The van der Waals surface area contributed by atoms with Crippen LogP contribution in [0, 0.1) is 11.3 Å². The number of hydrogen-bond acceptors (Lipinski definition) is 5. The summed E-state index contributed by atoms with van der Waals surface area (Å²) in [5, 5.41) is 13.8. The number of carbonyl (C=O) groups is 1. The van der Waals surface area contributed by atoms with Crippen molar-refractivity contribution >= 4 is 34.9 Å². The highest BCUT2D eigenvalue weighted by atomic mass is 28.3. The van der Waals surface area contributed by atoms with Crippen LogP contribution in [0.3, 0.4) is 0 Å². The maximum atomic E-state index is 14.2. The summed E-state index contributed by atoms with van der Waals surface area (Å²) in [6.45, 7) is 28.2. The van der Waals surface area contributed by atoms with Crippen LogP contribution < -0.4 is 0 Å². The molecule has 1 aliphatic rings. The van der Waals surface area contributed by atoms with Crippen LogP contribution in [0.15, 0.2) is 30.3 Å². The predicted molar refractivity (Wildman–Crippen MR) is 175 cm³/mol. The molecule has 0 aromatic heterocycles. The van der Waals surface area contributed by atoms with Gasteiger partial charge >= 0.3 is 6.09 Å². The average molecular weight is 602 g/mol. The highest BCUT2D eigenvalue weighted by molar-refractivity contribution is 6.48. The summed E-state index contributed by atoms with van der Waals surface area (Å²) in [5.41, 5.74) is 1.01. The molecule has 8 heteroatoms. The first-order chi connectivity index (χ1) is 18.7. The minimum atomic E-state index is -1.62. The lowest BCUT2D eigenvalue weighted by atomic mass is 9.70.